The highest BCUT2D eigenvalue weighted by Crippen LogP contribution is 1.97. The monoisotopic (exact) mass is 230 g/mol. The Morgan fingerprint density at radius 2 is 1.62 bits per heavy atom. The number of hydrogen-bond acceptors (Lipinski definition) is 3. The first-order chi connectivity index (χ1) is 7.42. The second-order valence-corrected chi connectivity index (χ2v) is 3.97. The molecule has 5 heteroatoms. The largest absolute Gasteiger partial charge is 0.480 e. The normalized spacial score (nSPS) is 14.6. The van der Waals surface area contributed by atoms with Gasteiger partial charge in [0.2, 0.25) is 5.91 Å². The highest BCUT2D eigenvalue weighted by Gasteiger charge is 2.20. The van der Waals surface area contributed by atoms with Gasteiger partial charge in [-0.15, -0.1) is 0 Å². The number of carboxylic acid groups (broad SMARTS) is 1. The van der Waals surface area contributed by atoms with E-state index in [1.165, 1.54) is 6.92 Å². The number of carbonyl (C=O) groups is 2. The Labute approximate surface area is 96.6 Å². The molecule has 3 N–H and O–H groups in total. The van der Waals surface area contributed by atoms with Crippen LogP contribution in [0.3, 0.4) is 0 Å². The predicted octanol–water partition coefficient (Wildman–Crippen LogP) is 0.742. The molecule has 0 aromatic heterocycles. The van der Waals surface area contributed by atoms with Crippen molar-refractivity contribution in [2.24, 2.45) is 0 Å². The maximum absolute atomic E-state index is 11.7. The SMILES string of the molecule is CCC(CC)NC(=O)C(C)NC(C)C(=O)O. The van der Waals surface area contributed by atoms with Crippen molar-refractivity contribution in [3.8, 4) is 0 Å². The highest BCUT2D eigenvalue weighted by atomic mass is 16.4. The lowest BCUT2D eigenvalue weighted by atomic mass is 10.1. The minimum Gasteiger partial charge on any atom is -0.480 e. The summed E-state index contributed by atoms with van der Waals surface area (Å²) >= 11 is 0. The fraction of sp³-hybridized carbons (Fsp3) is 0.818. The molecular formula is C11H22N2O3. The number of hydrogen-bond donors (Lipinski definition) is 3. The molecule has 1 amide bonds. The first-order valence-corrected chi connectivity index (χ1v) is 5.71. The number of nitrogens with one attached hydrogen (secondary N) is 2. The van der Waals surface area contributed by atoms with E-state index in [1.807, 2.05) is 13.8 Å². The molecule has 0 radical (unpaired) electrons. The Morgan fingerprint density at radius 3 is 2.00 bits per heavy atom. The van der Waals surface area contributed by atoms with Gasteiger partial charge in [-0.05, 0) is 26.7 Å². The van der Waals surface area contributed by atoms with Crippen LogP contribution in [-0.2, 0) is 9.59 Å². The molecule has 0 aliphatic rings. The summed E-state index contributed by atoms with van der Waals surface area (Å²) < 4.78 is 0. The topological polar surface area (TPSA) is 78.4 Å². The van der Waals surface area contributed by atoms with Crippen LogP contribution in [0, 0.1) is 0 Å². The van der Waals surface area contributed by atoms with Gasteiger partial charge in [-0.1, -0.05) is 13.8 Å². The molecule has 0 aliphatic heterocycles. The Balaban J connectivity index is 4.13. The quantitative estimate of drug-likeness (QED) is 0.603. The van der Waals surface area contributed by atoms with Crippen LogP contribution >= 0.6 is 0 Å². The van der Waals surface area contributed by atoms with Crippen LogP contribution in [0.5, 0.6) is 0 Å². The summed E-state index contributed by atoms with van der Waals surface area (Å²) in [5, 5.41) is 14.3. The Bertz CT molecular complexity index is 239. The smallest absolute Gasteiger partial charge is 0.320 e. The maximum atomic E-state index is 11.7. The van der Waals surface area contributed by atoms with Gasteiger partial charge in [0.25, 0.3) is 0 Å². The molecule has 0 aliphatic carbocycles. The van der Waals surface area contributed by atoms with Gasteiger partial charge >= 0.3 is 5.97 Å². The van der Waals surface area contributed by atoms with E-state index >= 15 is 0 Å². The average molecular weight is 230 g/mol. The molecule has 2 atom stereocenters. The van der Waals surface area contributed by atoms with E-state index in [0.29, 0.717) is 0 Å². The van der Waals surface area contributed by atoms with Crippen molar-refractivity contribution >= 4 is 11.9 Å². The molecule has 2 unspecified atom stereocenters. The van der Waals surface area contributed by atoms with Gasteiger partial charge in [0.05, 0.1) is 6.04 Å². The molecular weight excluding hydrogens is 208 g/mol. The van der Waals surface area contributed by atoms with Crippen molar-refractivity contribution in [3.63, 3.8) is 0 Å². The molecule has 0 saturated heterocycles. The van der Waals surface area contributed by atoms with Crippen LogP contribution in [0.4, 0.5) is 0 Å². The summed E-state index contributed by atoms with van der Waals surface area (Å²) in [7, 11) is 0. The van der Waals surface area contributed by atoms with Crippen molar-refractivity contribution in [2.75, 3.05) is 0 Å². The van der Waals surface area contributed by atoms with Gasteiger partial charge < -0.3 is 10.4 Å². The van der Waals surface area contributed by atoms with E-state index in [0.717, 1.165) is 12.8 Å². The Hall–Kier alpha value is -1.10. The summed E-state index contributed by atoms with van der Waals surface area (Å²) in [6, 6.07) is -1.05. The van der Waals surface area contributed by atoms with Crippen LogP contribution in [-0.4, -0.2) is 35.1 Å². The minimum atomic E-state index is -0.956. The zero-order chi connectivity index (χ0) is 12.7. The molecule has 0 bridgehead atoms. The van der Waals surface area contributed by atoms with Crippen molar-refractivity contribution in [1.29, 1.82) is 0 Å². The second kappa shape index (κ2) is 7.22. The van der Waals surface area contributed by atoms with Crippen LogP contribution < -0.4 is 10.6 Å². The number of rotatable bonds is 7. The first-order valence-electron chi connectivity index (χ1n) is 5.71. The molecule has 94 valence electrons. The van der Waals surface area contributed by atoms with Gasteiger partial charge in [-0.2, -0.15) is 0 Å². The van der Waals surface area contributed by atoms with Gasteiger partial charge in [0, 0.05) is 6.04 Å². The van der Waals surface area contributed by atoms with Crippen LogP contribution in [0.2, 0.25) is 0 Å². The third-order valence-electron chi connectivity index (χ3n) is 2.60. The van der Waals surface area contributed by atoms with E-state index in [9.17, 15) is 9.59 Å². The van der Waals surface area contributed by atoms with Gasteiger partial charge in [-0.25, -0.2) is 0 Å². The number of amides is 1. The second-order valence-electron chi connectivity index (χ2n) is 3.97. The van der Waals surface area contributed by atoms with Crippen LogP contribution in [0.15, 0.2) is 0 Å². The lowest BCUT2D eigenvalue weighted by molar-refractivity contribution is -0.139. The molecule has 0 fully saturated rings. The molecule has 0 aromatic rings. The van der Waals surface area contributed by atoms with Crippen molar-refractivity contribution < 1.29 is 14.7 Å². The van der Waals surface area contributed by atoms with E-state index in [1.54, 1.807) is 6.92 Å². The van der Waals surface area contributed by atoms with Gasteiger partial charge in [0.1, 0.15) is 6.04 Å². The first kappa shape index (κ1) is 14.9. The van der Waals surface area contributed by atoms with Crippen molar-refractivity contribution in [2.45, 2.75) is 58.7 Å². The third-order valence-corrected chi connectivity index (χ3v) is 2.60. The zero-order valence-electron chi connectivity index (χ0n) is 10.4. The molecule has 16 heavy (non-hydrogen) atoms. The van der Waals surface area contributed by atoms with Crippen molar-refractivity contribution in [3.05, 3.63) is 0 Å². The summed E-state index contributed by atoms with van der Waals surface area (Å²) in [6.07, 6.45) is 1.76. The lowest BCUT2D eigenvalue weighted by Gasteiger charge is -2.20. The van der Waals surface area contributed by atoms with E-state index in [4.69, 9.17) is 5.11 Å². The standard InChI is InChI=1S/C11H22N2O3/c1-5-9(6-2)13-10(14)7(3)12-8(4)11(15)16/h7-9,12H,5-6H2,1-4H3,(H,13,14)(H,15,16). The molecule has 0 aromatic carbocycles. The Kier molecular flexibility index (Phi) is 6.72. The molecule has 0 spiro atoms. The van der Waals surface area contributed by atoms with E-state index < -0.39 is 18.1 Å². The highest BCUT2D eigenvalue weighted by molar-refractivity contribution is 5.82. The minimum absolute atomic E-state index is 0.151. The maximum Gasteiger partial charge on any atom is 0.320 e. The fourth-order valence-electron chi connectivity index (χ4n) is 1.34. The molecule has 0 saturated carbocycles. The average Bonchev–Trinajstić information content (AvgIpc) is 2.24. The summed E-state index contributed by atoms with van der Waals surface area (Å²) in [5.74, 6) is -1.11. The third kappa shape index (κ3) is 5.11. The van der Waals surface area contributed by atoms with Gasteiger partial charge in [0.15, 0.2) is 0 Å². The summed E-state index contributed by atoms with van der Waals surface area (Å²) in [5.41, 5.74) is 0. The Morgan fingerprint density at radius 1 is 1.12 bits per heavy atom. The number of aliphatic carboxylic acids is 1. The number of carbonyl (C=O) groups excluding carboxylic acids is 1. The van der Waals surface area contributed by atoms with Gasteiger partial charge in [-0.3, -0.25) is 14.9 Å². The van der Waals surface area contributed by atoms with Crippen LogP contribution in [0.1, 0.15) is 40.5 Å². The molecule has 5 nitrogen and oxygen atoms in total. The zero-order valence-corrected chi connectivity index (χ0v) is 10.4. The summed E-state index contributed by atoms with van der Waals surface area (Å²) in [6.45, 7) is 7.19. The fourth-order valence-corrected chi connectivity index (χ4v) is 1.34. The van der Waals surface area contributed by atoms with Crippen molar-refractivity contribution in [1.82, 2.24) is 10.6 Å². The van der Waals surface area contributed by atoms with E-state index in [2.05, 4.69) is 10.6 Å². The van der Waals surface area contributed by atoms with E-state index in [-0.39, 0.29) is 11.9 Å². The number of carboxylic acids is 1. The molecule has 0 heterocycles. The lowest BCUT2D eigenvalue weighted by Crippen LogP contribution is -2.50. The van der Waals surface area contributed by atoms with Crippen LogP contribution in [0.25, 0.3) is 0 Å². The molecule has 0 rings (SSSR count). The predicted molar refractivity (Wildman–Crippen MR) is 62.2 cm³/mol. The summed E-state index contributed by atoms with van der Waals surface area (Å²) in [4.78, 5) is 22.3.